The Bertz CT molecular complexity index is 700. The van der Waals surface area contributed by atoms with Crippen LogP contribution >= 0.6 is 0 Å². The summed E-state index contributed by atoms with van der Waals surface area (Å²) in [6, 6.07) is 11.0. The highest BCUT2D eigenvalue weighted by Gasteiger charge is 2.34. The first-order valence-electron chi connectivity index (χ1n) is 7.41. The summed E-state index contributed by atoms with van der Waals surface area (Å²) in [5.41, 5.74) is 0.961. The van der Waals surface area contributed by atoms with Gasteiger partial charge in [-0.3, -0.25) is 4.79 Å². The quantitative estimate of drug-likeness (QED) is 0.942. The number of nitrogens with zero attached hydrogens (tertiary/aromatic N) is 2. The van der Waals surface area contributed by atoms with Gasteiger partial charge >= 0.3 is 0 Å². The summed E-state index contributed by atoms with van der Waals surface area (Å²) in [6.45, 7) is 1.81. The molecule has 0 fully saturated rings. The van der Waals surface area contributed by atoms with Crippen molar-refractivity contribution in [1.29, 1.82) is 0 Å². The molecule has 23 heavy (non-hydrogen) atoms. The Labute approximate surface area is 135 Å². The van der Waals surface area contributed by atoms with Crippen LogP contribution in [-0.2, 0) is 4.79 Å². The second kappa shape index (κ2) is 6.16. The molecule has 1 aliphatic rings. The maximum absolute atomic E-state index is 12.4. The van der Waals surface area contributed by atoms with E-state index in [4.69, 9.17) is 9.47 Å². The number of fused-ring (bicyclic) bond motifs is 1. The number of carbonyl (C=O) groups excluding carboxylic acids is 1. The molecule has 2 atom stereocenters. The number of anilines is 2. The van der Waals surface area contributed by atoms with Crippen LogP contribution in [0, 0.1) is 0 Å². The van der Waals surface area contributed by atoms with Crippen molar-refractivity contribution < 1.29 is 14.3 Å². The minimum absolute atomic E-state index is 0.280. The Morgan fingerprint density at radius 2 is 1.83 bits per heavy atom. The van der Waals surface area contributed by atoms with Crippen molar-refractivity contribution in [3.05, 3.63) is 42.6 Å². The Hall–Kier alpha value is -2.76. The number of ether oxygens (including phenoxy) is 2. The lowest BCUT2D eigenvalue weighted by Crippen LogP contribution is -2.46. The van der Waals surface area contributed by atoms with E-state index in [1.54, 1.807) is 18.3 Å². The van der Waals surface area contributed by atoms with Gasteiger partial charge in [0.1, 0.15) is 11.9 Å². The molecule has 0 unspecified atom stereocenters. The summed E-state index contributed by atoms with van der Waals surface area (Å²) >= 11 is 0. The van der Waals surface area contributed by atoms with Gasteiger partial charge in [-0.25, -0.2) is 4.98 Å². The Morgan fingerprint density at radius 1 is 1.13 bits per heavy atom. The van der Waals surface area contributed by atoms with Crippen LogP contribution in [0.15, 0.2) is 42.6 Å². The topological polar surface area (TPSA) is 63.7 Å². The lowest BCUT2D eigenvalue weighted by atomic mass is 10.1. The van der Waals surface area contributed by atoms with E-state index in [1.807, 2.05) is 50.2 Å². The van der Waals surface area contributed by atoms with Crippen molar-refractivity contribution in [2.24, 2.45) is 0 Å². The van der Waals surface area contributed by atoms with Crippen LogP contribution in [0.2, 0.25) is 0 Å². The smallest absolute Gasteiger partial charge is 0.270 e. The van der Waals surface area contributed by atoms with Gasteiger partial charge < -0.3 is 19.7 Å². The molecule has 0 saturated carbocycles. The number of carbonyl (C=O) groups is 1. The number of hydrogen-bond acceptors (Lipinski definition) is 5. The molecule has 1 aromatic heterocycles. The minimum atomic E-state index is -0.722. The molecule has 3 rings (SSSR count). The monoisotopic (exact) mass is 313 g/mol. The van der Waals surface area contributed by atoms with Gasteiger partial charge in [-0.2, -0.15) is 0 Å². The van der Waals surface area contributed by atoms with Crippen molar-refractivity contribution >= 4 is 17.4 Å². The fourth-order valence-electron chi connectivity index (χ4n) is 2.33. The molecule has 2 heterocycles. The number of hydrogen-bond donors (Lipinski definition) is 1. The van der Waals surface area contributed by atoms with Crippen LogP contribution in [0.1, 0.15) is 6.92 Å². The normalized spacial score (nSPS) is 19.1. The van der Waals surface area contributed by atoms with Gasteiger partial charge in [0, 0.05) is 14.1 Å². The Kier molecular flexibility index (Phi) is 4.06. The van der Waals surface area contributed by atoms with Crippen molar-refractivity contribution in [3.63, 3.8) is 0 Å². The van der Waals surface area contributed by atoms with Gasteiger partial charge in [0.2, 0.25) is 6.10 Å². The average molecular weight is 313 g/mol. The van der Waals surface area contributed by atoms with Gasteiger partial charge in [-0.05, 0) is 31.2 Å². The van der Waals surface area contributed by atoms with Gasteiger partial charge in [-0.1, -0.05) is 12.1 Å². The summed E-state index contributed by atoms with van der Waals surface area (Å²) in [5.74, 6) is 1.42. The van der Waals surface area contributed by atoms with E-state index in [0.29, 0.717) is 17.3 Å². The van der Waals surface area contributed by atoms with E-state index in [0.717, 1.165) is 5.69 Å². The molecule has 1 aliphatic heterocycles. The predicted octanol–water partition coefficient (Wildman–Crippen LogP) is 2.31. The highest BCUT2D eigenvalue weighted by Crippen LogP contribution is 2.33. The molecule has 2 aromatic rings. The Morgan fingerprint density at radius 3 is 2.43 bits per heavy atom. The first kappa shape index (κ1) is 15.1. The van der Waals surface area contributed by atoms with Gasteiger partial charge in [-0.15, -0.1) is 0 Å². The third-order valence-corrected chi connectivity index (χ3v) is 3.62. The molecule has 1 amide bonds. The summed E-state index contributed by atoms with van der Waals surface area (Å²) < 4.78 is 11.5. The molecule has 1 aromatic carbocycles. The molecule has 0 bridgehead atoms. The number of benzene rings is 1. The Balaban J connectivity index is 1.71. The number of rotatable bonds is 3. The van der Waals surface area contributed by atoms with Crippen LogP contribution in [0.4, 0.5) is 11.5 Å². The first-order valence-corrected chi connectivity index (χ1v) is 7.41. The number of nitrogens with one attached hydrogen (secondary N) is 1. The molecule has 0 spiro atoms. The van der Waals surface area contributed by atoms with E-state index in [2.05, 4.69) is 10.3 Å². The molecule has 0 saturated heterocycles. The van der Waals surface area contributed by atoms with Crippen molar-refractivity contribution in [1.82, 2.24) is 4.98 Å². The number of para-hydroxylation sites is 2. The van der Waals surface area contributed by atoms with Crippen molar-refractivity contribution in [2.75, 3.05) is 24.3 Å². The third-order valence-electron chi connectivity index (χ3n) is 3.62. The summed E-state index contributed by atoms with van der Waals surface area (Å²) in [7, 11) is 3.86. The second-order valence-electron chi connectivity index (χ2n) is 5.59. The number of amides is 1. The standard InChI is InChI=1S/C17H19N3O3/c1-11-16(23-14-7-5-4-6-13(14)22-11)17(21)19-15-9-8-12(10-18-15)20(2)3/h4-11,16H,1-3H3,(H,18,19,21)/t11-,16-/m0/s1. The van der Waals surface area contributed by atoms with Gasteiger partial charge in [0.25, 0.3) is 5.91 Å². The van der Waals surface area contributed by atoms with Crippen LogP contribution in [-0.4, -0.2) is 37.2 Å². The van der Waals surface area contributed by atoms with E-state index in [1.165, 1.54) is 0 Å². The van der Waals surface area contributed by atoms with Crippen LogP contribution in [0.5, 0.6) is 11.5 Å². The number of pyridine rings is 1. The lowest BCUT2D eigenvalue weighted by Gasteiger charge is -2.30. The maximum Gasteiger partial charge on any atom is 0.270 e. The summed E-state index contributed by atoms with van der Waals surface area (Å²) in [4.78, 5) is 18.6. The SMILES string of the molecule is C[C@@H]1Oc2ccccc2O[C@@H]1C(=O)Nc1ccc(N(C)C)cn1. The van der Waals surface area contributed by atoms with E-state index in [-0.39, 0.29) is 12.0 Å². The van der Waals surface area contributed by atoms with E-state index >= 15 is 0 Å². The van der Waals surface area contributed by atoms with Crippen molar-refractivity contribution in [2.45, 2.75) is 19.1 Å². The minimum Gasteiger partial charge on any atom is -0.482 e. The lowest BCUT2D eigenvalue weighted by molar-refractivity contribution is -0.128. The molecular formula is C17H19N3O3. The fraction of sp³-hybridized carbons (Fsp3) is 0.294. The third kappa shape index (κ3) is 3.21. The van der Waals surface area contributed by atoms with Gasteiger partial charge in [0.05, 0.1) is 11.9 Å². The zero-order chi connectivity index (χ0) is 16.4. The average Bonchev–Trinajstić information content (AvgIpc) is 2.54. The van der Waals surface area contributed by atoms with Crippen LogP contribution in [0.3, 0.4) is 0 Å². The fourth-order valence-corrected chi connectivity index (χ4v) is 2.33. The molecule has 0 aliphatic carbocycles. The largest absolute Gasteiger partial charge is 0.482 e. The summed E-state index contributed by atoms with van der Waals surface area (Å²) in [6.07, 6.45) is 0.596. The highest BCUT2D eigenvalue weighted by molar-refractivity contribution is 5.94. The van der Waals surface area contributed by atoms with Gasteiger partial charge in [0.15, 0.2) is 11.5 Å². The predicted molar refractivity (Wildman–Crippen MR) is 88.1 cm³/mol. The summed E-state index contributed by atoms with van der Waals surface area (Å²) in [5, 5.41) is 2.77. The van der Waals surface area contributed by atoms with Crippen molar-refractivity contribution in [3.8, 4) is 11.5 Å². The van der Waals surface area contributed by atoms with E-state index in [9.17, 15) is 4.79 Å². The molecule has 120 valence electrons. The number of aromatic nitrogens is 1. The molecule has 6 heteroatoms. The molecule has 0 radical (unpaired) electrons. The molecule has 6 nitrogen and oxygen atoms in total. The first-order chi connectivity index (χ1) is 11.0. The second-order valence-corrected chi connectivity index (χ2v) is 5.59. The highest BCUT2D eigenvalue weighted by atomic mass is 16.6. The van der Waals surface area contributed by atoms with Crippen LogP contribution < -0.4 is 19.7 Å². The molecular weight excluding hydrogens is 294 g/mol. The van der Waals surface area contributed by atoms with Crippen LogP contribution in [0.25, 0.3) is 0 Å². The maximum atomic E-state index is 12.4. The molecule has 1 N–H and O–H groups in total. The van der Waals surface area contributed by atoms with E-state index < -0.39 is 6.10 Å². The zero-order valence-corrected chi connectivity index (χ0v) is 13.3. The zero-order valence-electron chi connectivity index (χ0n) is 13.3.